The first-order chi connectivity index (χ1) is 7.24. The van der Waals surface area contributed by atoms with Crippen LogP contribution in [-0.4, -0.2) is 30.9 Å². The van der Waals surface area contributed by atoms with E-state index in [4.69, 9.17) is 5.73 Å². The number of carbonyl (C=O) groups is 1. The van der Waals surface area contributed by atoms with Crippen molar-refractivity contribution in [2.75, 3.05) is 20.1 Å². The highest BCUT2D eigenvalue weighted by atomic mass is 35.5. The maximum Gasteiger partial charge on any atom is 0.222 e. The standard InChI is InChI=1S/C12H24N2O.ClH/c1-14(12(15)8-5-9-13)10-11-6-3-2-4-7-11;/h11H,2-10,13H2,1H3;1H. The van der Waals surface area contributed by atoms with Gasteiger partial charge in [-0.25, -0.2) is 0 Å². The van der Waals surface area contributed by atoms with Crippen molar-refractivity contribution in [3.63, 3.8) is 0 Å². The SMILES string of the molecule is CN(CC1CCCCC1)C(=O)CCCN.Cl. The molecule has 2 N–H and O–H groups in total. The smallest absolute Gasteiger partial charge is 0.222 e. The molecule has 96 valence electrons. The third-order valence-electron chi connectivity index (χ3n) is 3.28. The van der Waals surface area contributed by atoms with E-state index < -0.39 is 0 Å². The Morgan fingerprint density at radius 3 is 2.50 bits per heavy atom. The zero-order chi connectivity index (χ0) is 11.1. The van der Waals surface area contributed by atoms with E-state index in [9.17, 15) is 4.79 Å². The van der Waals surface area contributed by atoms with E-state index in [0.717, 1.165) is 18.9 Å². The molecule has 1 aliphatic carbocycles. The lowest BCUT2D eigenvalue weighted by Crippen LogP contribution is -2.32. The molecular weight excluding hydrogens is 224 g/mol. The van der Waals surface area contributed by atoms with Crippen molar-refractivity contribution in [3.8, 4) is 0 Å². The van der Waals surface area contributed by atoms with Crippen LogP contribution in [0.2, 0.25) is 0 Å². The Bertz CT molecular complexity index is 193. The topological polar surface area (TPSA) is 46.3 Å². The predicted octanol–water partition coefficient (Wildman–Crippen LogP) is 2.19. The van der Waals surface area contributed by atoms with Crippen LogP contribution in [0, 0.1) is 5.92 Å². The van der Waals surface area contributed by atoms with Crippen LogP contribution in [0.1, 0.15) is 44.9 Å². The number of hydrogen-bond donors (Lipinski definition) is 1. The van der Waals surface area contributed by atoms with Gasteiger partial charge in [0.15, 0.2) is 0 Å². The molecule has 0 aromatic rings. The molecule has 0 spiro atoms. The molecule has 3 nitrogen and oxygen atoms in total. The highest BCUT2D eigenvalue weighted by molar-refractivity contribution is 5.85. The second-order valence-electron chi connectivity index (χ2n) is 4.67. The summed E-state index contributed by atoms with van der Waals surface area (Å²) < 4.78 is 0. The third kappa shape index (κ3) is 5.71. The lowest BCUT2D eigenvalue weighted by molar-refractivity contribution is -0.130. The number of amides is 1. The summed E-state index contributed by atoms with van der Waals surface area (Å²) in [5, 5.41) is 0. The molecule has 1 rings (SSSR count). The fourth-order valence-electron chi connectivity index (χ4n) is 2.30. The van der Waals surface area contributed by atoms with Gasteiger partial charge in [0.1, 0.15) is 0 Å². The van der Waals surface area contributed by atoms with E-state index in [1.54, 1.807) is 0 Å². The molecule has 1 aliphatic rings. The molecule has 0 aromatic heterocycles. The molecule has 4 heteroatoms. The quantitative estimate of drug-likeness (QED) is 0.811. The van der Waals surface area contributed by atoms with E-state index in [2.05, 4.69) is 0 Å². The Morgan fingerprint density at radius 1 is 1.31 bits per heavy atom. The first kappa shape index (κ1) is 15.7. The minimum atomic E-state index is 0. The van der Waals surface area contributed by atoms with E-state index in [1.165, 1.54) is 32.1 Å². The number of carbonyl (C=O) groups excluding carboxylic acids is 1. The monoisotopic (exact) mass is 248 g/mol. The number of rotatable bonds is 5. The van der Waals surface area contributed by atoms with Gasteiger partial charge in [-0.15, -0.1) is 12.4 Å². The maximum atomic E-state index is 11.6. The van der Waals surface area contributed by atoms with Crippen molar-refractivity contribution in [2.24, 2.45) is 11.7 Å². The molecule has 16 heavy (non-hydrogen) atoms. The fraction of sp³-hybridized carbons (Fsp3) is 0.917. The first-order valence-electron chi connectivity index (χ1n) is 6.18. The number of hydrogen-bond acceptors (Lipinski definition) is 2. The lowest BCUT2D eigenvalue weighted by atomic mass is 9.89. The molecule has 1 saturated carbocycles. The normalized spacial score (nSPS) is 16.6. The van der Waals surface area contributed by atoms with Gasteiger partial charge in [-0.05, 0) is 31.7 Å². The fourth-order valence-corrected chi connectivity index (χ4v) is 2.30. The van der Waals surface area contributed by atoms with Crippen molar-refractivity contribution in [3.05, 3.63) is 0 Å². The summed E-state index contributed by atoms with van der Waals surface area (Å²) in [7, 11) is 1.92. The van der Waals surface area contributed by atoms with Gasteiger partial charge in [0.05, 0.1) is 0 Å². The van der Waals surface area contributed by atoms with Crippen molar-refractivity contribution in [1.82, 2.24) is 4.90 Å². The molecule has 0 atom stereocenters. The van der Waals surface area contributed by atoms with Crippen LogP contribution < -0.4 is 5.73 Å². The molecule has 0 heterocycles. The van der Waals surface area contributed by atoms with Crippen molar-refractivity contribution < 1.29 is 4.79 Å². The highest BCUT2D eigenvalue weighted by Crippen LogP contribution is 2.24. The van der Waals surface area contributed by atoms with Crippen LogP contribution in [-0.2, 0) is 4.79 Å². The Labute approximate surface area is 105 Å². The Hall–Kier alpha value is -0.280. The minimum Gasteiger partial charge on any atom is -0.345 e. The predicted molar refractivity (Wildman–Crippen MR) is 69.7 cm³/mol. The second-order valence-corrected chi connectivity index (χ2v) is 4.67. The third-order valence-corrected chi connectivity index (χ3v) is 3.28. The van der Waals surface area contributed by atoms with Crippen LogP contribution in [0.4, 0.5) is 0 Å². The summed E-state index contributed by atoms with van der Waals surface area (Å²) in [5.74, 6) is 0.997. The van der Waals surface area contributed by atoms with Crippen LogP contribution in [0.15, 0.2) is 0 Å². The lowest BCUT2D eigenvalue weighted by Gasteiger charge is -2.27. The van der Waals surface area contributed by atoms with Gasteiger partial charge < -0.3 is 10.6 Å². The van der Waals surface area contributed by atoms with Gasteiger partial charge in [-0.2, -0.15) is 0 Å². The van der Waals surface area contributed by atoms with Gasteiger partial charge in [-0.3, -0.25) is 4.79 Å². The summed E-state index contributed by atoms with van der Waals surface area (Å²) in [6.45, 7) is 1.56. The maximum absolute atomic E-state index is 11.6. The van der Waals surface area contributed by atoms with Gasteiger partial charge in [0.2, 0.25) is 5.91 Å². The molecule has 0 unspecified atom stereocenters. The van der Waals surface area contributed by atoms with E-state index in [1.807, 2.05) is 11.9 Å². The van der Waals surface area contributed by atoms with E-state index >= 15 is 0 Å². The van der Waals surface area contributed by atoms with Gasteiger partial charge in [0.25, 0.3) is 0 Å². The Morgan fingerprint density at radius 2 is 1.94 bits per heavy atom. The number of nitrogens with zero attached hydrogens (tertiary/aromatic N) is 1. The summed E-state index contributed by atoms with van der Waals surface area (Å²) in [6, 6.07) is 0. The summed E-state index contributed by atoms with van der Waals surface area (Å²) in [5.41, 5.74) is 5.39. The highest BCUT2D eigenvalue weighted by Gasteiger charge is 2.17. The van der Waals surface area contributed by atoms with E-state index in [0.29, 0.717) is 13.0 Å². The van der Waals surface area contributed by atoms with Crippen LogP contribution >= 0.6 is 12.4 Å². The number of halogens is 1. The average molecular weight is 249 g/mol. The Kier molecular flexibility index (Phi) is 8.67. The average Bonchev–Trinajstić information content (AvgIpc) is 2.27. The molecule has 0 bridgehead atoms. The van der Waals surface area contributed by atoms with Crippen molar-refractivity contribution in [1.29, 1.82) is 0 Å². The summed E-state index contributed by atoms with van der Waals surface area (Å²) >= 11 is 0. The van der Waals surface area contributed by atoms with Crippen molar-refractivity contribution in [2.45, 2.75) is 44.9 Å². The zero-order valence-electron chi connectivity index (χ0n) is 10.3. The van der Waals surface area contributed by atoms with Crippen LogP contribution in [0.5, 0.6) is 0 Å². The molecule has 0 saturated heterocycles. The summed E-state index contributed by atoms with van der Waals surface area (Å²) in [4.78, 5) is 13.5. The molecule has 0 radical (unpaired) electrons. The molecule has 1 fully saturated rings. The molecular formula is C12H25ClN2O. The Balaban J connectivity index is 0.00000225. The second kappa shape index (κ2) is 8.82. The molecule has 0 aromatic carbocycles. The molecule has 0 aliphatic heterocycles. The number of nitrogens with two attached hydrogens (primary N) is 1. The zero-order valence-corrected chi connectivity index (χ0v) is 11.1. The van der Waals surface area contributed by atoms with Gasteiger partial charge in [0, 0.05) is 20.0 Å². The van der Waals surface area contributed by atoms with Crippen LogP contribution in [0.25, 0.3) is 0 Å². The summed E-state index contributed by atoms with van der Waals surface area (Å²) in [6.07, 6.45) is 8.09. The largest absolute Gasteiger partial charge is 0.345 e. The van der Waals surface area contributed by atoms with Crippen LogP contribution in [0.3, 0.4) is 0 Å². The van der Waals surface area contributed by atoms with Crippen molar-refractivity contribution >= 4 is 18.3 Å². The first-order valence-corrected chi connectivity index (χ1v) is 6.18. The van der Waals surface area contributed by atoms with Gasteiger partial charge >= 0.3 is 0 Å². The minimum absolute atomic E-state index is 0. The van der Waals surface area contributed by atoms with Gasteiger partial charge in [-0.1, -0.05) is 19.3 Å². The molecule has 1 amide bonds. The van der Waals surface area contributed by atoms with E-state index in [-0.39, 0.29) is 18.3 Å².